The second-order valence-corrected chi connectivity index (χ2v) is 12.2. The average molecular weight is 561 g/mol. The van der Waals surface area contributed by atoms with E-state index in [-0.39, 0.29) is 5.78 Å². The van der Waals surface area contributed by atoms with E-state index in [1.165, 1.54) is 11.1 Å². The lowest BCUT2D eigenvalue weighted by Crippen LogP contribution is -2.25. The van der Waals surface area contributed by atoms with Crippen LogP contribution in [0.4, 0.5) is 0 Å². The van der Waals surface area contributed by atoms with Crippen LogP contribution < -0.4 is 0 Å². The van der Waals surface area contributed by atoms with Crippen LogP contribution in [0.5, 0.6) is 0 Å². The van der Waals surface area contributed by atoms with E-state index < -0.39 is 5.41 Å². The molecule has 5 aliphatic rings. The molecule has 0 spiro atoms. The second-order valence-electron chi connectivity index (χ2n) is 12.2. The molecule has 0 amide bonds. The normalized spacial score (nSPS) is 20.0. The van der Waals surface area contributed by atoms with Gasteiger partial charge in [-0.05, 0) is 112 Å². The van der Waals surface area contributed by atoms with E-state index in [2.05, 4.69) is 76.2 Å². The lowest BCUT2D eigenvalue weighted by Gasteiger charge is -2.16. The Balaban J connectivity index is 1.54. The minimum absolute atomic E-state index is 0.0253. The van der Waals surface area contributed by atoms with Crippen LogP contribution in [0.25, 0.3) is 11.1 Å². The van der Waals surface area contributed by atoms with Gasteiger partial charge in [0, 0.05) is 11.1 Å². The molecule has 210 valence electrons. The van der Waals surface area contributed by atoms with Crippen LogP contribution in [0.3, 0.4) is 0 Å². The molecule has 2 aromatic carbocycles. The number of rotatable bonds is 2. The highest BCUT2D eigenvalue weighted by Crippen LogP contribution is 2.39. The van der Waals surface area contributed by atoms with Gasteiger partial charge in [-0.15, -0.1) is 0 Å². The molecule has 0 saturated carbocycles. The number of nitrogens with zero attached hydrogens (tertiary/aromatic N) is 4. The van der Waals surface area contributed by atoms with Crippen molar-refractivity contribution in [2.24, 2.45) is 25.4 Å². The van der Waals surface area contributed by atoms with Gasteiger partial charge in [-0.3, -0.25) is 4.79 Å². The van der Waals surface area contributed by atoms with E-state index >= 15 is 0 Å². The summed E-state index contributed by atoms with van der Waals surface area (Å²) >= 11 is 0. The first-order valence-corrected chi connectivity index (χ1v) is 14.6. The Morgan fingerprint density at radius 3 is 2.00 bits per heavy atom. The highest BCUT2D eigenvalue weighted by Gasteiger charge is 2.40. The van der Waals surface area contributed by atoms with Crippen molar-refractivity contribution in [1.29, 1.82) is 0 Å². The molecule has 5 heterocycles. The Hall–Kier alpha value is -5.03. The van der Waals surface area contributed by atoms with Gasteiger partial charge < -0.3 is 0 Å². The van der Waals surface area contributed by atoms with Crippen LogP contribution in [0.15, 0.2) is 128 Å². The van der Waals surface area contributed by atoms with E-state index in [0.717, 1.165) is 61.9 Å². The first-order chi connectivity index (χ1) is 20.6. The van der Waals surface area contributed by atoms with E-state index in [4.69, 9.17) is 20.0 Å². The zero-order valence-corrected chi connectivity index (χ0v) is 25.3. The molecule has 0 fully saturated rings. The van der Waals surface area contributed by atoms with Crippen molar-refractivity contribution in [3.63, 3.8) is 0 Å². The van der Waals surface area contributed by atoms with Gasteiger partial charge in [0.2, 0.25) is 0 Å². The third kappa shape index (κ3) is 4.52. The average Bonchev–Trinajstić information content (AvgIpc) is 3.75. The van der Waals surface area contributed by atoms with E-state index in [1.807, 2.05) is 44.2 Å². The van der Waals surface area contributed by atoms with Gasteiger partial charge in [-0.2, -0.15) is 0 Å². The topological polar surface area (TPSA) is 66.5 Å². The molecule has 43 heavy (non-hydrogen) atoms. The number of fused-ring (bicyclic) bond motifs is 4. The zero-order valence-electron chi connectivity index (χ0n) is 25.3. The molecule has 0 saturated heterocycles. The molecule has 0 unspecified atom stereocenters. The molecule has 0 atom stereocenters. The molecule has 0 radical (unpaired) electrons. The zero-order chi connectivity index (χ0) is 30.0. The van der Waals surface area contributed by atoms with Crippen LogP contribution in [-0.2, 0) is 4.79 Å². The van der Waals surface area contributed by atoms with Gasteiger partial charge >= 0.3 is 0 Å². The van der Waals surface area contributed by atoms with Gasteiger partial charge in [-0.1, -0.05) is 47.5 Å². The minimum Gasteiger partial charge on any atom is -0.291 e. The largest absolute Gasteiger partial charge is 0.291 e. The summed E-state index contributed by atoms with van der Waals surface area (Å²) < 4.78 is 0. The summed E-state index contributed by atoms with van der Waals surface area (Å²) in [5.74, 6) is -0.0253. The number of hydrogen-bond donors (Lipinski definition) is 0. The smallest absolute Gasteiger partial charge is 0.192 e. The summed E-state index contributed by atoms with van der Waals surface area (Å²) in [5, 5.41) is 0. The SMILES string of the molecule is Cc1ccc(C2=C3C=CC(=N3)C=C3N=C(C=C4C=CC(=N4)C(c4c(C)cc(C)cc4C)=C4C=CC2=N4)C(=O)C3(C)C)cc1. The van der Waals surface area contributed by atoms with Crippen molar-refractivity contribution in [3.8, 4) is 0 Å². The van der Waals surface area contributed by atoms with Crippen molar-refractivity contribution in [3.05, 3.63) is 141 Å². The minimum atomic E-state index is -0.771. The Morgan fingerprint density at radius 2 is 1.26 bits per heavy atom. The fraction of sp³-hybridized carbons (Fsp3) is 0.184. The molecule has 5 heteroatoms. The van der Waals surface area contributed by atoms with Crippen molar-refractivity contribution in [2.75, 3.05) is 0 Å². The first-order valence-electron chi connectivity index (χ1n) is 14.6. The first kappa shape index (κ1) is 26.8. The lowest BCUT2D eigenvalue weighted by atomic mass is 9.84. The number of benzene rings is 2. The van der Waals surface area contributed by atoms with Gasteiger partial charge in [0.1, 0.15) is 5.71 Å². The van der Waals surface area contributed by atoms with E-state index in [0.29, 0.717) is 17.1 Å². The maximum atomic E-state index is 13.5. The van der Waals surface area contributed by atoms with E-state index in [1.54, 1.807) is 6.08 Å². The fourth-order valence-electron chi connectivity index (χ4n) is 6.29. The summed E-state index contributed by atoms with van der Waals surface area (Å²) in [6.07, 6.45) is 15.9. The van der Waals surface area contributed by atoms with Crippen molar-refractivity contribution < 1.29 is 4.79 Å². The van der Waals surface area contributed by atoms with Crippen LogP contribution in [-0.4, -0.2) is 28.6 Å². The Labute approximate surface area is 252 Å². The van der Waals surface area contributed by atoms with Crippen molar-refractivity contribution in [1.82, 2.24) is 0 Å². The predicted octanol–water partition coefficient (Wildman–Crippen LogP) is 7.91. The van der Waals surface area contributed by atoms with Gasteiger partial charge in [0.05, 0.1) is 45.3 Å². The van der Waals surface area contributed by atoms with Crippen LogP contribution >= 0.6 is 0 Å². The van der Waals surface area contributed by atoms with Crippen LogP contribution in [0.1, 0.15) is 47.2 Å². The van der Waals surface area contributed by atoms with Crippen molar-refractivity contribution in [2.45, 2.75) is 41.5 Å². The number of carbonyl (C=O) groups is 1. The molecule has 2 aromatic rings. The number of Topliss-reactive ketones (excluding diaryl/α,β-unsaturated/α-hetero) is 1. The quantitative estimate of drug-likeness (QED) is 0.368. The summed E-state index contributed by atoms with van der Waals surface area (Å²) in [5.41, 5.74) is 13.9. The Bertz CT molecular complexity index is 1990. The number of hydrogen-bond acceptors (Lipinski definition) is 5. The predicted molar refractivity (Wildman–Crippen MR) is 178 cm³/mol. The third-order valence-corrected chi connectivity index (χ3v) is 8.51. The number of carbonyl (C=O) groups excluding carboxylic acids is 1. The molecule has 5 aliphatic heterocycles. The standard InChI is InChI=1S/C38H32N4O/c1-21-7-9-25(10-8-21)35-28-13-12-27(40-28)20-33-38(5,6)37(43)32(42-33)19-26-11-14-30(39-26)36(31-16-15-29(35)41-31)34-23(3)17-22(2)18-24(34)4/h7-20H,1-6H3. The number of aryl methyl sites for hydroxylation is 4. The van der Waals surface area contributed by atoms with Crippen LogP contribution in [0.2, 0.25) is 0 Å². The summed E-state index contributed by atoms with van der Waals surface area (Å²) in [7, 11) is 0. The van der Waals surface area contributed by atoms with Crippen LogP contribution in [0, 0.1) is 33.1 Å². The molecular weight excluding hydrogens is 528 g/mol. The fourth-order valence-corrected chi connectivity index (χ4v) is 6.29. The molecule has 7 rings (SSSR count). The summed E-state index contributed by atoms with van der Waals surface area (Å²) in [6.45, 7) is 12.3. The molecule has 0 aliphatic carbocycles. The van der Waals surface area contributed by atoms with Crippen molar-refractivity contribution >= 4 is 39.8 Å². The number of allylic oxidation sites excluding steroid dienone is 11. The van der Waals surface area contributed by atoms with Gasteiger partial charge in [-0.25, -0.2) is 20.0 Å². The molecule has 0 N–H and O–H groups in total. The second kappa shape index (κ2) is 9.77. The Morgan fingerprint density at radius 1 is 0.605 bits per heavy atom. The van der Waals surface area contributed by atoms with Gasteiger partial charge in [0.15, 0.2) is 5.78 Å². The number of aliphatic imine (C=N–C) groups is 4. The monoisotopic (exact) mass is 560 g/mol. The lowest BCUT2D eigenvalue weighted by molar-refractivity contribution is -0.118. The van der Waals surface area contributed by atoms with E-state index in [9.17, 15) is 4.79 Å². The van der Waals surface area contributed by atoms with Gasteiger partial charge in [0.25, 0.3) is 0 Å². The summed E-state index contributed by atoms with van der Waals surface area (Å²) in [4.78, 5) is 33.6. The maximum Gasteiger partial charge on any atom is 0.192 e. The molecule has 0 aromatic heterocycles. The molecular formula is C38H32N4O. The Kier molecular flexibility index (Phi) is 6.10. The molecule has 5 nitrogen and oxygen atoms in total. The highest BCUT2D eigenvalue weighted by molar-refractivity contribution is 6.49. The highest BCUT2D eigenvalue weighted by atomic mass is 16.1. The number of ketones is 1. The molecule has 8 bridgehead atoms. The third-order valence-electron chi connectivity index (χ3n) is 8.51. The summed E-state index contributed by atoms with van der Waals surface area (Å²) in [6, 6.07) is 12.9. The maximum absolute atomic E-state index is 13.5.